The molecular weight excluding hydrogens is 266 g/mol. The van der Waals surface area contributed by atoms with E-state index >= 15 is 0 Å². The molecule has 0 spiro atoms. The number of hydrogen-bond donors (Lipinski definition) is 0. The summed E-state index contributed by atoms with van der Waals surface area (Å²) >= 11 is 0. The standard InChI is InChI=1S/C17H25NO3/c1-2-20-17(19)15-8-6-11-18(14-15)12-7-13-21-16-9-4-3-5-10-16/h3-5,9-10,15H,2,6-8,11-14H2,1H3/t15-/m0/s1. The van der Waals surface area contributed by atoms with Gasteiger partial charge in [-0.05, 0) is 44.9 Å². The molecule has 21 heavy (non-hydrogen) atoms. The summed E-state index contributed by atoms with van der Waals surface area (Å²) in [4.78, 5) is 14.1. The van der Waals surface area contributed by atoms with Gasteiger partial charge in [0, 0.05) is 13.1 Å². The van der Waals surface area contributed by atoms with Crippen LogP contribution in [0.5, 0.6) is 5.75 Å². The predicted octanol–water partition coefficient (Wildman–Crippen LogP) is 2.73. The van der Waals surface area contributed by atoms with E-state index in [0.29, 0.717) is 13.2 Å². The van der Waals surface area contributed by atoms with Gasteiger partial charge in [0.25, 0.3) is 0 Å². The zero-order valence-electron chi connectivity index (χ0n) is 12.8. The summed E-state index contributed by atoms with van der Waals surface area (Å²) in [6.07, 6.45) is 3.00. The summed E-state index contributed by atoms with van der Waals surface area (Å²) < 4.78 is 10.8. The lowest BCUT2D eigenvalue weighted by Crippen LogP contribution is -2.40. The highest BCUT2D eigenvalue weighted by Crippen LogP contribution is 2.18. The van der Waals surface area contributed by atoms with Gasteiger partial charge in [0.15, 0.2) is 0 Å². The number of ether oxygens (including phenoxy) is 2. The maximum Gasteiger partial charge on any atom is 0.310 e. The summed E-state index contributed by atoms with van der Waals surface area (Å²) in [5.74, 6) is 0.928. The molecule has 1 atom stereocenters. The summed E-state index contributed by atoms with van der Waals surface area (Å²) in [5, 5.41) is 0. The molecule has 116 valence electrons. The zero-order valence-corrected chi connectivity index (χ0v) is 12.8. The zero-order chi connectivity index (χ0) is 14.9. The summed E-state index contributed by atoms with van der Waals surface area (Å²) in [6.45, 7) is 5.92. The SMILES string of the molecule is CCOC(=O)[C@H]1CCCN(CCCOc2ccccc2)C1. The molecule has 1 aromatic rings. The highest BCUT2D eigenvalue weighted by atomic mass is 16.5. The maximum absolute atomic E-state index is 11.8. The fraction of sp³-hybridized carbons (Fsp3) is 0.588. The van der Waals surface area contributed by atoms with E-state index in [1.807, 2.05) is 37.3 Å². The first-order valence-electron chi connectivity index (χ1n) is 7.86. The van der Waals surface area contributed by atoms with Crippen molar-refractivity contribution >= 4 is 5.97 Å². The molecular formula is C17H25NO3. The minimum absolute atomic E-state index is 0.0391. The Balaban J connectivity index is 1.65. The number of carbonyl (C=O) groups is 1. The first-order valence-corrected chi connectivity index (χ1v) is 7.86. The number of benzene rings is 1. The lowest BCUT2D eigenvalue weighted by molar-refractivity contribution is -0.149. The van der Waals surface area contributed by atoms with E-state index in [0.717, 1.165) is 44.6 Å². The highest BCUT2D eigenvalue weighted by Gasteiger charge is 2.26. The molecule has 0 saturated carbocycles. The van der Waals surface area contributed by atoms with Gasteiger partial charge in [-0.15, -0.1) is 0 Å². The maximum atomic E-state index is 11.8. The van der Waals surface area contributed by atoms with Crippen LogP contribution in [0.15, 0.2) is 30.3 Å². The summed E-state index contributed by atoms with van der Waals surface area (Å²) in [5.41, 5.74) is 0. The molecule has 0 bridgehead atoms. The highest BCUT2D eigenvalue weighted by molar-refractivity contribution is 5.72. The van der Waals surface area contributed by atoms with Gasteiger partial charge in [-0.3, -0.25) is 4.79 Å². The van der Waals surface area contributed by atoms with Crippen molar-refractivity contribution in [1.82, 2.24) is 4.90 Å². The minimum atomic E-state index is -0.0391. The fourth-order valence-corrected chi connectivity index (χ4v) is 2.71. The minimum Gasteiger partial charge on any atom is -0.494 e. The predicted molar refractivity (Wildman–Crippen MR) is 82.4 cm³/mol. The molecule has 0 aromatic heterocycles. The van der Waals surface area contributed by atoms with Crippen molar-refractivity contribution in [2.24, 2.45) is 5.92 Å². The Hall–Kier alpha value is -1.55. The van der Waals surface area contributed by atoms with Gasteiger partial charge in [0.1, 0.15) is 5.75 Å². The van der Waals surface area contributed by atoms with Crippen LogP contribution >= 0.6 is 0 Å². The molecule has 0 amide bonds. The Morgan fingerprint density at radius 1 is 1.33 bits per heavy atom. The average Bonchev–Trinajstić information content (AvgIpc) is 2.53. The third-order valence-electron chi connectivity index (χ3n) is 3.76. The smallest absolute Gasteiger partial charge is 0.310 e. The van der Waals surface area contributed by atoms with Gasteiger partial charge < -0.3 is 14.4 Å². The van der Waals surface area contributed by atoms with Crippen LogP contribution < -0.4 is 4.74 Å². The molecule has 2 rings (SSSR count). The molecule has 1 aromatic carbocycles. The molecule has 4 nitrogen and oxygen atoms in total. The molecule has 1 aliphatic heterocycles. The van der Waals surface area contributed by atoms with Crippen LogP contribution in [0.2, 0.25) is 0 Å². The van der Waals surface area contributed by atoms with Crippen molar-refractivity contribution in [2.75, 3.05) is 32.8 Å². The van der Waals surface area contributed by atoms with E-state index in [-0.39, 0.29) is 11.9 Å². The van der Waals surface area contributed by atoms with E-state index in [2.05, 4.69) is 4.90 Å². The Morgan fingerprint density at radius 3 is 2.90 bits per heavy atom. The Bertz CT molecular complexity index is 421. The summed E-state index contributed by atoms with van der Waals surface area (Å²) in [7, 11) is 0. The molecule has 1 aliphatic rings. The van der Waals surface area contributed by atoms with Crippen molar-refractivity contribution in [3.05, 3.63) is 30.3 Å². The molecule has 1 fully saturated rings. The van der Waals surface area contributed by atoms with Gasteiger partial charge in [-0.1, -0.05) is 18.2 Å². The van der Waals surface area contributed by atoms with Crippen molar-refractivity contribution in [2.45, 2.75) is 26.2 Å². The third kappa shape index (κ3) is 5.38. The first kappa shape index (κ1) is 15.8. The van der Waals surface area contributed by atoms with Gasteiger partial charge in [0.2, 0.25) is 0 Å². The van der Waals surface area contributed by atoms with E-state index in [1.54, 1.807) is 0 Å². The van der Waals surface area contributed by atoms with Crippen LogP contribution in [-0.4, -0.2) is 43.7 Å². The average molecular weight is 291 g/mol. The third-order valence-corrected chi connectivity index (χ3v) is 3.76. The van der Waals surface area contributed by atoms with Crippen LogP contribution in [-0.2, 0) is 9.53 Å². The van der Waals surface area contributed by atoms with Gasteiger partial charge in [-0.25, -0.2) is 0 Å². The van der Waals surface area contributed by atoms with Crippen LogP contribution in [0, 0.1) is 5.92 Å². The number of para-hydroxylation sites is 1. The van der Waals surface area contributed by atoms with Crippen molar-refractivity contribution in [3.8, 4) is 5.75 Å². The van der Waals surface area contributed by atoms with E-state index < -0.39 is 0 Å². The molecule has 0 radical (unpaired) electrons. The fourth-order valence-electron chi connectivity index (χ4n) is 2.71. The Kier molecular flexibility index (Phi) is 6.54. The van der Waals surface area contributed by atoms with E-state index in [1.165, 1.54) is 0 Å². The quantitative estimate of drug-likeness (QED) is 0.572. The van der Waals surface area contributed by atoms with E-state index in [9.17, 15) is 4.79 Å². The topological polar surface area (TPSA) is 38.8 Å². The monoisotopic (exact) mass is 291 g/mol. The summed E-state index contributed by atoms with van der Waals surface area (Å²) in [6, 6.07) is 9.87. The molecule has 1 heterocycles. The van der Waals surface area contributed by atoms with Crippen LogP contribution in [0.3, 0.4) is 0 Å². The number of rotatable bonds is 7. The number of hydrogen-bond acceptors (Lipinski definition) is 4. The van der Waals surface area contributed by atoms with Crippen LogP contribution in [0.4, 0.5) is 0 Å². The molecule has 0 N–H and O–H groups in total. The largest absolute Gasteiger partial charge is 0.494 e. The Morgan fingerprint density at radius 2 is 2.14 bits per heavy atom. The number of likely N-dealkylation sites (tertiary alicyclic amines) is 1. The van der Waals surface area contributed by atoms with Gasteiger partial charge in [-0.2, -0.15) is 0 Å². The second-order valence-corrected chi connectivity index (χ2v) is 5.41. The molecule has 0 unspecified atom stereocenters. The second-order valence-electron chi connectivity index (χ2n) is 5.41. The van der Waals surface area contributed by atoms with E-state index in [4.69, 9.17) is 9.47 Å². The van der Waals surface area contributed by atoms with Crippen LogP contribution in [0.1, 0.15) is 26.2 Å². The molecule has 1 saturated heterocycles. The molecule has 4 heteroatoms. The van der Waals surface area contributed by atoms with Gasteiger partial charge >= 0.3 is 5.97 Å². The number of carbonyl (C=O) groups excluding carboxylic acids is 1. The Labute approximate surface area is 127 Å². The number of piperidine rings is 1. The normalized spacial score (nSPS) is 19.2. The van der Waals surface area contributed by atoms with Crippen molar-refractivity contribution in [1.29, 1.82) is 0 Å². The number of nitrogens with zero attached hydrogens (tertiary/aromatic N) is 1. The van der Waals surface area contributed by atoms with Gasteiger partial charge in [0.05, 0.1) is 19.1 Å². The van der Waals surface area contributed by atoms with Crippen molar-refractivity contribution < 1.29 is 14.3 Å². The van der Waals surface area contributed by atoms with Crippen LogP contribution in [0.25, 0.3) is 0 Å². The first-order chi connectivity index (χ1) is 10.3. The lowest BCUT2D eigenvalue weighted by Gasteiger charge is -2.31. The number of esters is 1. The lowest BCUT2D eigenvalue weighted by atomic mass is 9.98. The van der Waals surface area contributed by atoms with Crippen molar-refractivity contribution in [3.63, 3.8) is 0 Å². The second kappa shape index (κ2) is 8.67. The molecule has 0 aliphatic carbocycles.